The summed E-state index contributed by atoms with van der Waals surface area (Å²) in [4.78, 5) is 0. The molecule has 0 spiro atoms. The second-order valence-corrected chi connectivity index (χ2v) is 4.31. The summed E-state index contributed by atoms with van der Waals surface area (Å²) in [5, 5.41) is 9.66. The molecule has 0 amide bonds. The average molecular weight is 248 g/mol. The summed E-state index contributed by atoms with van der Waals surface area (Å²) in [6, 6.07) is 13.5. The van der Waals surface area contributed by atoms with Crippen LogP contribution in [0.1, 0.15) is 5.56 Å². The number of anilines is 1. The van der Waals surface area contributed by atoms with Crippen molar-refractivity contribution in [1.82, 2.24) is 0 Å². The Bertz CT molecular complexity index is 525. The van der Waals surface area contributed by atoms with Crippen LogP contribution in [0.3, 0.4) is 0 Å². The Balaban J connectivity index is 2.42. The van der Waals surface area contributed by atoms with E-state index in [0.717, 1.165) is 22.4 Å². The van der Waals surface area contributed by atoms with Crippen LogP contribution in [0.25, 0.3) is 11.1 Å². The van der Waals surface area contributed by atoms with Crippen LogP contribution in [0.2, 0.25) is 5.02 Å². The number of halogens is 1. The van der Waals surface area contributed by atoms with Crippen molar-refractivity contribution in [3.63, 3.8) is 0 Å². The van der Waals surface area contributed by atoms with E-state index in [1.54, 1.807) is 0 Å². The van der Waals surface area contributed by atoms with Gasteiger partial charge in [-0.15, -0.1) is 0 Å². The zero-order valence-electron chi connectivity index (χ0n) is 9.36. The van der Waals surface area contributed by atoms with Gasteiger partial charge in [0.1, 0.15) is 0 Å². The van der Waals surface area contributed by atoms with Gasteiger partial charge >= 0.3 is 0 Å². The molecule has 0 radical (unpaired) electrons. The van der Waals surface area contributed by atoms with E-state index in [0.29, 0.717) is 11.4 Å². The van der Waals surface area contributed by atoms with Crippen molar-refractivity contribution in [2.24, 2.45) is 0 Å². The molecular formula is C14H14ClNO. The largest absolute Gasteiger partial charge is 0.399 e. The molecule has 0 unspecified atom stereocenters. The van der Waals surface area contributed by atoms with Gasteiger partial charge in [-0.25, -0.2) is 0 Å². The quantitative estimate of drug-likeness (QED) is 0.819. The van der Waals surface area contributed by atoms with Crippen molar-refractivity contribution in [3.8, 4) is 11.1 Å². The molecule has 0 aliphatic rings. The number of nitrogens with two attached hydrogens (primary N) is 1. The second-order valence-electron chi connectivity index (χ2n) is 3.91. The Morgan fingerprint density at radius 3 is 2.53 bits per heavy atom. The minimum atomic E-state index is 0.0973. The molecule has 0 saturated heterocycles. The summed E-state index contributed by atoms with van der Waals surface area (Å²) in [6.07, 6.45) is 0.564. The van der Waals surface area contributed by atoms with Gasteiger partial charge in [0.2, 0.25) is 0 Å². The fraction of sp³-hybridized carbons (Fsp3) is 0.143. The molecule has 0 bridgehead atoms. The Hall–Kier alpha value is -1.51. The molecular weight excluding hydrogens is 234 g/mol. The Morgan fingerprint density at radius 1 is 1.06 bits per heavy atom. The highest BCUT2D eigenvalue weighted by atomic mass is 35.5. The van der Waals surface area contributed by atoms with E-state index in [2.05, 4.69) is 0 Å². The van der Waals surface area contributed by atoms with Crippen LogP contribution in [0.5, 0.6) is 0 Å². The van der Waals surface area contributed by atoms with Crippen molar-refractivity contribution in [3.05, 3.63) is 53.1 Å². The van der Waals surface area contributed by atoms with Gasteiger partial charge in [-0.2, -0.15) is 0 Å². The van der Waals surface area contributed by atoms with Crippen LogP contribution >= 0.6 is 11.6 Å². The number of rotatable bonds is 3. The van der Waals surface area contributed by atoms with Crippen LogP contribution in [-0.4, -0.2) is 11.7 Å². The molecule has 0 aromatic heterocycles. The van der Waals surface area contributed by atoms with Crippen LogP contribution < -0.4 is 5.73 Å². The van der Waals surface area contributed by atoms with E-state index < -0.39 is 0 Å². The highest BCUT2D eigenvalue weighted by Gasteiger charge is 2.04. The SMILES string of the molecule is Nc1cccc(-c2ccc(Cl)c(CCO)c2)c1. The molecule has 3 heteroatoms. The number of aliphatic hydroxyl groups is 1. The van der Waals surface area contributed by atoms with E-state index in [1.807, 2.05) is 42.5 Å². The number of aliphatic hydroxyl groups excluding tert-OH is 1. The summed E-state index contributed by atoms with van der Waals surface area (Å²) in [5.41, 5.74) is 9.56. The maximum Gasteiger partial charge on any atom is 0.0471 e. The van der Waals surface area contributed by atoms with Crippen molar-refractivity contribution in [2.75, 3.05) is 12.3 Å². The second kappa shape index (κ2) is 5.21. The first-order chi connectivity index (χ1) is 8.20. The summed E-state index contributed by atoms with van der Waals surface area (Å²) >= 11 is 6.06. The zero-order valence-corrected chi connectivity index (χ0v) is 10.1. The number of hydrogen-bond acceptors (Lipinski definition) is 2. The maximum atomic E-state index is 8.97. The van der Waals surface area contributed by atoms with Gasteiger partial charge in [0.05, 0.1) is 0 Å². The molecule has 3 N–H and O–H groups in total. The van der Waals surface area contributed by atoms with Gasteiger partial charge in [0.15, 0.2) is 0 Å². The molecule has 17 heavy (non-hydrogen) atoms. The molecule has 2 nitrogen and oxygen atoms in total. The minimum absolute atomic E-state index is 0.0973. The maximum absolute atomic E-state index is 8.97. The summed E-state index contributed by atoms with van der Waals surface area (Å²) in [7, 11) is 0. The summed E-state index contributed by atoms with van der Waals surface area (Å²) in [5.74, 6) is 0. The number of hydrogen-bond donors (Lipinski definition) is 2. The molecule has 0 aliphatic heterocycles. The van der Waals surface area contributed by atoms with E-state index in [-0.39, 0.29) is 6.61 Å². The lowest BCUT2D eigenvalue weighted by molar-refractivity contribution is 0.299. The van der Waals surface area contributed by atoms with Crippen molar-refractivity contribution in [1.29, 1.82) is 0 Å². The fourth-order valence-corrected chi connectivity index (χ4v) is 2.00. The third kappa shape index (κ3) is 2.78. The summed E-state index contributed by atoms with van der Waals surface area (Å²) < 4.78 is 0. The fourth-order valence-electron chi connectivity index (χ4n) is 1.78. The number of benzene rings is 2. The monoisotopic (exact) mass is 247 g/mol. The molecule has 0 aliphatic carbocycles. The van der Waals surface area contributed by atoms with Crippen molar-refractivity contribution < 1.29 is 5.11 Å². The van der Waals surface area contributed by atoms with Crippen LogP contribution in [0.4, 0.5) is 5.69 Å². The van der Waals surface area contributed by atoms with Crippen molar-refractivity contribution in [2.45, 2.75) is 6.42 Å². The Morgan fingerprint density at radius 2 is 1.82 bits per heavy atom. The Labute approximate surface area is 106 Å². The van der Waals surface area contributed by atoms with Crippen LogP contribution in [0.15, 0.2) is 42.5 Å². The first-order valence-corrected chi connectivity index (χ1v) is 5.83. The molecule has 0 heterocycles. The Kier molecular flexibility index (Phi) is 3.67. The van der Waals surface area contributed by atoms with Crippen LogP contribution in [0, 0.1) is 0 Å². The van der Waals surface area contributed by atoms with Gasteiger partial charge in [0.25, 0.3) is 0 Å². The van der Waals surface area contributed by atoms with Gasteiger partial charge in [-0.1, -0.05) is 29.8 Å². The van der Waals surface area contributed by atoms with E-state index in [4.69, 9.17) is 22.4 Å². The highest BCUT2D eigenvalue weighted by Crippen LogP contribution is 2.26. The highest BCUT2D eigenvalue weighted by molar-refractivity contribution is 6.31. The molecule has 0 saturated carbocycles. The lowest BCUT2D eigenvalue weighted by Gasteiger charge is -2.07. The minimum Gasteiger partial charge on any atom is -0.399 e. The van der Waals surface area contributed by atoms with E-state index in [1.165, 1.54) is 0 Å². The molecule has 0 fully saturated rings. The molecule has 88 valence electrons. The van der Waals surface area contributed by atoms with Gasteiger partial charge in [-0.3, -0.25) is 0 Å². The van der Waals surface area contributed by atoms with Gasteiger partial charge in [-0.05, 0) is 47.4 Å². The van der Waals surface area contributed by atoms with E-state index >= 15 is 0 Å². The average Bonchev–Trinajstić information content (AvgIpc) is 2.32. The first-order valence-electron chi connectivity index (χ1n) is 5.46. The molecule has 2 rings (SSSR count). The lowest BCUT2D eigenvalue weighted by atomic mass is 10.0. The van der Waals surface area contributed by atoms with E-state index in [9.17, 15) is 0 Å². The third-order valence-electron chi connectivity index (χ3n) is 2.65. The predicted octanol–water partition coefficient (Wildman–Crippen LogP) is 3.12. The normalized spacial score (nSPS) is 10.5. The topological polar surface area (TPSA) is 46.2 Å². The summed E-state index contributed by atoms with van der Waals surface area (Å²) in [6.45, 7) is 0.0973. The van der Waals surface area contributed by atoms with Gasteiger partial charge in [0, 0.05) is 17.3 Å². The first kappa shape index (κ1) is 12.0. The van der Waals surface area contributed by atoms with Crippen molar-refractivity contribution >= 4 is 17.3 Å². The molecule has 0 atom stereocenters. The standard InChI is InChI=1S/C14H14ClNO/c15-14-5-4-11(8-12(14)6-7-17)10-2-1-3-13(16)9-10/h1-5,8-9,17H,6-7,16H2. The zero-order chi connectivity index (χ0) is 12.3. The molecule has 2 aromatic carbocycles. The predicted molar refractivity (Wildman–Crippen MR) is 72.1 cm³/mol. The molecule has 2 aromatic rings. The third-order valence-corrected chi connectivity index (χ3v) is 3.02. The smallest absolute Gasteiger partial charge is 0.0471 e. The van der Waals surface area contributed by atoms with Crippen LogP contribution in [-0.2, 0) is 6.42 Å². The van der Waals surface area contributed by atoms with Gasteiger partial charge < -0.3 is 10.8 Å². The lowest BCUT2D eigenvalue weighted by Crippen LogP contribution is -1.93. The number of nitrogen functional groups attached to an aromatic ring is 1.